The van der Waals surface area contributed by atoms with Gasteiger partial charge in [0.25, 0.3) is 23.6 Å². The van der Waals surface area contributed by atoms with Crippen molar-refractivity contribution in [3.63, 3.8) is 0 Å². The van der Waals surface area contributed by atoms with Crippen LogP contribution >= 0.6 is 0 Å². The minimum Gasteiger partial charge on any atom is -0.483 e. The molecule has 2 aliphatic rings. The molecule has 0 saturated carbocycles. The van der Waals surface area contributed by atoms with Gasteiger partial charge in [-0.3, -0.25) is 29.0 Å². The molecular weight excluding hydrogens is 520 g/mol. The first-order valence-electron chi connectivity index (χ1n) is 13.9. The molecule has 0 bridgehead atoms. The number of rotatable bonds is 9. The molecule has 3 aromatic rings. The van der Waals surface area contributed by atoms with Crippen LogP contribution in [0.2, 0.25) is 0 Å². The van der Waals surface area contributed by atoms with Crippen molar-refractivity contribution in [3.05, 3.63) is 94.0 Å². The summed E-state index contributed by atoms with van der Waals surface area (Å²) in [5, 5.41) is 0. The Balaban J connectivity index is 1.39. The molecule has 2 heterocycles. The minimum absolute atomic E-state index is 0.295. The number of nitrogens with zero attached hydrogens (tertiary/aromatic N) is 2. The fourth-order valence-corrected chi connectivity index (χ4v) is 5.60. The standard InChI is InChI=1S/C33H34N2O6/c1-7-32(4,21-12-16-24-26(18-21)30(38)34(5)28(24)36)40-22-13-10-20(11-14-22)33(8-2,9-3)41-23-15-17-25-27(19-23)31(39)35(6)29(25)37/h10-19H,7-9H2,1-6H3. The molecule has 4 amide bonds. The zero-order chi connectivity index (χ0) is 29.7. The molecule has 1 atom stereocenters. The molecule has 0 N–H and O–H groups in total. The fourth-order valence-electron chi connectivity index (χ4n) is 5.60. The van der Waals surface area contributed by atoms with E-state index in [0.717, 1.165) is 20.9 Å². The highest BCUT2D eigenvalue weighted by molar-refractivity contribution is 6.22. The molecule has 3 aromatic carbocycles. The number of carbonyl (C=O) groups excluding carboxylic acids is 4. The van der Waals surface area contributed by atoms with Crippen molar-refractivity contribution < 1.29 is 28.7 Å². The Kier molecular flexibility index (Phi) is 6.97. The van der Waals surface area contributed by atoms with E-state index in [0.29, 0.717) is 53.0 Å². The van der Waals surface area contributed by atoms with Crippen LogP contribution in [0.3, 0.4) is 0 Å². The van der Waals surface area contributed by atoms with Gasteiger partial charge >= 0.3 is 0 Å². The Labute approximate surface area is 239 Å². The number of hydrogen-bond donors (Lipinski definition) is 0. The van der Waals surface area contributed by atoms with Crippen LogP contribution in [0.1, 0.15) is 99.5 Å². The average molecular weight is 555 g/mol. The van der Waals surface area contributed by atoms with Gasteiger partial charge in [-0.15, -0.1) is 0 Å². The van der Waals surface area contributed by atoms with Gasteiger partial charge in [-0.1, -0.05) is 39.0 Å². The summed E-state index contributed by atoms with van der Waals surface area (Å²) in [6.45, 7) is 8.08. The zero-order valence-corrected chi connectivity index (χ0v) is 24.2. The van der Waals surface area contributed by atoms with Crippen molar-refractivity contribution >= 4 is 23.6 Å². The molecule has 212 valence electrons. The van der Waals surface area contributed by atoms with Crippen molar-refractivity contribution in [2.24, 2.45) is 0 Å². The van der Waals surface area contributed by atoms with Crippen LogP contribution in [0, 0.1) is 0 Å². The summed E-state index contributed by atoms with van der Waals surface area (Å²) in [6.07, 6.45) is 1.99. The minimum atomic E-state index is -0.730. The van der Waals surface area contributed by atoms with E-state index in [-0.39, 0.29) is 23.6 Å². The monoisotopic (exact) mass is 554 g/mol. The maximum Gasteiger partial charge on any atom is 0.261 e. The first kappa shape index (κ1) is 28.1. The Bertz CT molecular complexity index is 1570. The van der Waals surface area contributed by atoms with Gasteiger partial charge in [0.1, 0.15) is 22.7 Å². The summed E-state index contributed by atoms with van der Waals surface area (Å²) in [4.78, 5) is 52.0. The molecular formula is C33H34N2O6. The number of hydrogen-bond acceptors (Lipinski definition) is 6. The lowest BCUT2D eigenvalue weighted by Crippen LogP contribution is -2.32. The van der Waals surface area contributed by atoms with E-state index < -0.39 is 11.2 Å². The summed E-state index contributed by atoms with van der Waals surface area (Å²) in [7, 11) is 2.96. The van der Waals surface area contributed by atoms with Crippen LogP contribution in [0.15, 0.2) is 60.7 Å². The normalized spacial score (nSPS) is 16.1. The second kappa shape index (κ2) is 10.2. The molecule has 1 unspecified atom stereocenters. The molecule has 5 rings (SSSR count). The van der Waals surface area contributed by atoms with Crippen LogP contribution in [0.4, 0.5) is 0 Å². The summed E-state index contributed by atoms with van der Waals surface area (Å²) in [5.74, 6) is -0.0637. The molecule has 8 heteroatoms. The summed E-state index contributed by atoms with van der Waals surface area (Å²) >= 11 is 0. The van der Waals surface area contributed by atoms with Crippen LogP contribution in [-0.4, -0.2) is 47.5 Å². The van der Waals surface area contributed by atoms with Gasteiger partial charge in [0.15, 0.2) is 0 Å². The molecule has 2 aliphatic heterocycles. The Morgan fingerprint density at radius 1 is 0.561 bits per heavy atom. The van der Waals surface area contributed by atoms with Crippen LogP contribution in [0.5, 0.6) is 11.5 Å². The quantitative estimate of drug-likeness (QED) is 0.304. The van der Waals surface area contributed by atoms with Gasteiger partial charge in [-0.2, -0.15) is 0 Å². The van der Waals surface area contributed by atoms with Gasteiger partial charge in [-0.25, -0.2) is 0 Å². The highest BCUT2D eigenvalue weighted by atomic mass is 16.5. The zero-order valence-electron chi connectivity index (χ0n) is 24.2. The average Bonchev–Trinajstić information content (AvgIpc) is 3.34. The van der Waals surface area contributed by atoms with Crippen LogP contribution in [-0.2, 0) is 11.2 Å². The maximum absolute atomic E-state index is 12.6. The SMILES string of the molecule is CCC(C)(Oc1ccc(C(CC)(CC)Oc2ccc3c(c2)C(=O)N(C)C3=O)cc1)c1ccc2c(c1)C(=O)N(C)C2=O. The van der Waals surface area contributed by atoms with Gasteiger partial charge in [0, 0.05) is 14.1 Å². The number of benzene rings is 3. The molecule has 0 saturated heterocycles. The number of carbonyl (C=O) groups is 4. The lowest BCUT2D eigenvalue weighted by molar-refractivity contribution is 0.0565. The number of fused-ring (bicyclic) bond motifs is 2. The maximum atomic E-state index is 12.6. The topological polar surface area (TPSA) is 93.2 Å². The van der Waals surface area contributed by atoms with Crippen molar-refractivity contribution in [2.75, 3.05) is 14.1 Å². The van der Waals surface area contributed by atoms with Crippen molar-refractivity contribution in [2.45, 2.75) is 58.2 Å². The summed E-state index contributed by atoms with van der Waals surface area (Å²) in [6, 6.07) is 18.1. The van der Waals surface area contributed by atoms with Gasteiger partial charge in [-0.05, 0) is 79.8 Å². The highest BCUT2D eigenvalue weighted by Gasteiger charge is 2.37. The second-order valence-electron chi connectivity index (χ2n) is 10.8. The van der Waals surface area contributed by atoms with Crippen molar-refractivity contribution in [1.29, 1.82) is 0 Å². The number of ether oxygens (including phenoxy) is 2. The van der Waals surface area contributed by atoms with Crippen LogP contribution < -0.4 is 9.47 Å². The van der Waals surface area contributed by atoms with Crippen molar-refractivity contribution in [1.82, 2.24) is 9.80 Å². The van der Waals surface area contributed by atoms with Crippen molar-refractivity contribution in [3.8, 4) is 11.5 Å². The smallest absolute Gasteiger partial charge is 0.261 e. The largest absolute Gasteiger partial charge is 0.483 e. The van der Waals surface area contributed by atoms with E-state index in [9.17, 15) is 19.2 Å². The Morgan fingerprint density at radius 2 is 1.02 bits per heavy atom. The van der Waals surface area contributed by atoms with E-state index in [1.165, 1.54) is 14.1 Å². The van der Waals surface area contributed by atoms with E-state index in [1.54, 1.807) is 30.3 Å². The number of amides is 4. The molecule has 0 aliphatic carbocycles. The predicted octanol–water partition coefficient (Wildman–Crippen LogP) is 5.94. The molecule has 0 radical (unpaired) electrons. The van der Waals surface area contributed by atoms with E-state index in [2.05, 4.69) is 13.8 Å². The van der Waals surface area contributed by atoms with Crippen LogP contribution in [0.25, 0.3) is 0 Å². The van der Waals surface area contributed by atoms with E-state index >= 15 is 0 Å². The fraction of sp³-hybridized carbons (Fsp3) is 0.333. The van der Waals surface area contributed by atoms with E-state index in [1.807, 2.05) is 44.2 Å². The highest BCUT2D eigenvalue weighted by Crippen LogP contribution is 2.39. The lowest BCUT2D eigenvalue weighted by atomic mass is 9.87. The summed E-state index contributed by atoms with van der Waals surface area (Å²) in [5.41, 5.74) is 1.92. The molecule has 8 nitrogen and oxygen atoms in total. The van der Waals surface area contributed by atoms with Gasteiger partial charge in [0.05, 0.1) is 22.3 Å². The Morgan fingerprint density at radius 3 is 1.56 bits per heavy atom. The lowest BCUT2D eigenvalue weighted by Gasteiger charge is -2.34. The summed E-state index contributed by atoms with van der Waals surface area (Å²) < 4.78 is 13.0. The number of imide groups is 2. The first-order chi connectivity index (χ1) is 19.5. The van der Waals surface area contributed by atoms with Gasteiger partial charge < -0.3 is 9.47 Å². The third-order valence-corrected chi connectivity index (χ3v) is 8.62. The Hall–Kier alpha value is -4.46. The van der Waals surface area contributed by atoms with E-state index in [4.69, 9.17) is 9.47 Å². The molecule has 0 fully saturated rings. The van der Waals surface area contributed by atoms with Gasteiger partial charge in [0.2, 0.25) is 0 Å². The molecule has 41 heavy (non-hydrogen) atoms. The second-order valence-corrected chi connectivity index (χ2v) is 10.8. The third-order valence-electron chi connectivity index (χ3n) is 8.62. The molecule has 0 spiro atoms. The predicted molar refractivity (Wildman–Crippen MR) is 153 cm³/mol. The first-order valence-corrected chi connectivity index (χ1v) is 13.9. The third kappa shape index (κ3) is 4.47. The molecule has 0 aromatic heterocycles.